The molecule has 1 heterocycles. The zero-order valence-electron chi connectivity index (χ0n) is 11.0. The molecule has 0 aromatic rings. The van der Waals surface area contributed by atoms with Gasteiger partial charge in [-0.15, -0.1) is 0 Å². The summed E-state index contributed by atoms with van der Waals surface area (Å²) in [5, 5.41) is 7.25. The Balaban J connectivity index is 1.81. The van der Waals surface area contributed by atoms with Gasteiger partial charge in [0.25, 0.3) is 0 Å². The van der Waals surface area contributed by atoms with Crippen molar-refractivity contribution in [3.63, 3.8) is 0 Å². The fraction of sp³-hybridized carbons (Fsp3) is 1.00. The molecule has 1 unspecified atom stereocenters. The summed E-state index contributed by atoms with van der Waals surface area (Å²) in [6.07, 6.45) is 8.56. The van der Waals surface area contributed by atoms with E-state index in [1.54, 1.807) is 0 Å². The minimum absolute atomic E-state index is 0.636. The SMILES string of the molecule is CC(C)CC1(CNC2CCNC2)CCCC1. The van der Waals surface area contributed by atoms with Gasteiger partial charge in [0, 0.05) is 19.1 Å². The number of nitrogens with one attached hydrogen (secondary N) is 2. The molecule has 0 amide bonds. The van der Waals surface area contributed by atoms with Gasteiger partial charge in [0.05, 0.1) is 0 Å². The molecular formula is C14H28N2. The van der Waals surface area contributed by atoms with Crippen LogP contribution in [0.5, 0.6) is 0 Å². The van der Waals surface area contributed by atoms with E-state index in [0.717, 1.165) is 12.0 Å². The molecule has 0 aromatic heterocycles. The molecule has 2 nitrogen and oxygen atoms in total. The summed E-state index contributed by atoms with van der Waals surface area (Å²) < 4.78 is 0. The Morgan fingerprint density at radius 3 is 2.62 bits per heavy atom. The van der Waals surface area contributed by atoms with Crippen LogP contribution < -0.4 is 10.6 Å². The minimum atomic E-state index is 0.636. The predicted octanol–water partition coefficient (Wildman–Crippen LogP) is 2.54. The largest absolute Gasteiger partial charge is 0.315 e. The number of rotatable bonds is 5. The predicted molar refractivity (Wildman–Crippen MR) is 69.6 cm³/mol. The Hall–Kier alpha value is -0.0800. The van der Waals surface area contributed by atoms with E-state index in [2.05, 4.69) is 24.5 Å². The topological polar surface area (TPSA) is 24.1 Å². The third-order valence-electron chi connectivity index (χ3n) is 4.33. The standard InChI is InChI=1S/C14H28N2/c1-12(2)9-14(6-3-4-7-14)11-16-13-5-8-15-10-13/h12-13,15-16H,3-11H2,1-2H3. The van der Waals surface area contributed by atoms with Crippen LogP contribution in [0.2, 0.25) is 0 Å². The average molecular weight is 224 g/mol. The zero-order chi connectivity index (χ0) is 11.4. The highest BCUT2D eigenvalue weighted by molar-refractivity contribution is 4.89. The molecule has 0 bridgehead atoms. The van der Waals surface area contributed by atoms with Gasteiger partial charge in [0.1, 0.15) is 0 Å². The quantitative estimate of drug-likeness (QED) is 0.750. The molecule has 16 heavy (non-hydrogen) atoms. The Labute approximate surface area is 101 Å². The van der Waals surface area contributed by atoms with Crippen LogP contribution in [0.3, 0.4) is 0 Å². The van der Waals surface area contributed by atoms with Crippen LogP contribution in [0, 0.1) is 11.3 Å². The van der Waals surface area contributed by atoms with E-state index in [0.29, 0.717) is 5.41 Å². The zero-order valence-corrected chi connectivity index (χ0v) is 11.0. The van der Waals surface area contributed by atoms with Gasteiger partial charge in [-0.2, -0.15) is 0 Å². The van der Waals surface area contributed by atoms with E-state index in [9.17, 15) is 0 Å². The second kappa shape index (κ2) is 5.50. The lowest BCUT2D eigenvalue weighted by atomic mass is 9.78. The van der Waals surface area contributed by atoms with E-state index in [4.69, 9.17) is 0 Å². The molecule has 1 saturated heterocycles. The van der Waals surface area contributed by atoms with Gasteiger partial charge in [0.2, 0.25) is 0 Å². The van der Waals surface area contributed by atoms with Crippen molar-refractivity contribution in [1.82, 2.24) is 10.6 Å². The molecule has 2 fully saturated rings. The number of hydrogen-bond acceptors (Lipinski definition) is 2. The maximum absolute atomic E-state index is 3.81. The van der Waals surface area contributed by atoms with Crippen molar-refractivity contribution in [1.29, 1.82) is 0 Å². The first-order chi connectivity index (χ1) is 7.70. The third kappa shape index (κ3) is 3.21. The van der Waals surface area contributed by atoms with E-state index in [1.165, 1.54) is 58.2 Å². The molecule has 1 saturated carbocycles. The van der Waals surface area contributed by atoms with Crippen molar-refractivity contribution in [3.05, 3.63) is 0 Å². The Kier molecular flexibility index (Phi) is 4.26. The summed E-state index contributed by atoms with van der Waals surface area (Å²) in [5.74, 6) is 0.849. The van der Waals surface area contributed by atoms with Crippen LogP contribution in [-0.4, -0.2) is 25.7 Å². The fourth-order valence-electron chi connectivity index (χ4n) is 3.63. The van der Waals surface area contributed by atoms with Gasteiger partial charge in [-0.05, 0) is 43.6 Å². The van der Waals surface area contributed by atoms with Crippen molar-refractivity contribution >= 4 is 0 Å². The lowest BCUT2D eigenvalue weighted by Gasteiger charge is -2.32. The van der Waals surface area contributed by atoms with Crippen LogP contribution in [0.15, 0.2) is 0 Å². The summed E-state index contributed by atoms with van der Waals surface area (Å²) in [6, 6.07) is 0.740. The van der Waals surface area contributed by atoms with Crippen LogP contribution in [0.25, 0.3) is 0 Å². The second-order valence-electron chi connectivity index (χ2n) is 6.38. The second-order valence-corrected chi connectivity index (χ2v) is 6.38. The van der Waals surface area contributed by atoms with Crippen LogP contribution in [0.4, 0.5) is 0 Å². The van der Waals surface area contributed by atoms with E-state index < -0.39 is 0 Å². The summed E-state index contributed by atoms with van der Waals surface area (Å²) in [5.41, 5.74) is 0.636. The summed E-state index contributed by atoms with van der Waals surface area (Å²) in [4.78, 5) is 0. The van der Waals surface area contributed by atoms with Crippen LogP contribution in [0.1, 0.15) is 52.4 Å². The van der Waals surface area contributed by atoms with Gasteiger partial charge in [-0.1, -0.05) is 26.7 Å². The molecule has 94 valence electrons. The number of hydrogen-bond donors (Lipinski definition) is 2. The molecular weight excluding hydrogens is 196 g/mol. The van der Waals surface area contributed by atoms with Crippen molar-refractivity contribution in [2.75, 3.05) is 19.6 Å². The first kappa shape index (κ1) is 12.4. The minimum Gasteiger partial charge on any atom is -0.315 e. The van der Waals surface area contributed by atoms with E-state index in [1.807, 2.05) is 0 Å². The fourth-order valence-corrected chi connectivity index (χ4v) is 3.63. The van der Waals surface area contributed by atoms with Gasteiger partial charge in [-0.25, -0.2) is 0 Å². The maximum Gasteiger partial charge on any atom is 0.0204 e. The molecule has 0 radical (unpaired) electrons. The van der Waals surface area contributed by atoms with Gasteiger partial charge >= 0.3 is 0 Å². The first-order valence-corrected chi connectivity index (χ1v) is 7.14. The smallest absolute Gasteiger partial charge is 0.0204 e. The molecule has 1 aliphatic heterocycles. The van der Waals surface area contributed by atoms with Crippen molar-refractivity contribution in [3.8, 4) is 0 Å². The average Bonchev–Trinajstić information content (AvgIpc) is 2.84. The molecule has 2 rings (SSSR count). The van der Waals surface area contributed by atoms with E-state index in [-0.39, 0.29) is 0 Å². The summed E-state index contributed by atoms with van der Waals surface area (Å²) >= 11 is 0. The van der Waals surface area contributed by atoms with Crippen LogP contribution >= 0.6 is 0 Å². The Morgan fingerprint density at radius 1 is 1.31 bits per heavy atom. The highest BCUT2D eigenvalue weighted by atomic mass is 15.0. The molecule has 2 heteroatoms. The first-order valence-electron chi connectivity index (χ1n) is 7.14. The Bertz CT molecular complexity index is 201. The highest BCUT2D eigenvalue weighted by Crippen LogP contribution is 2.42. The molecule has 2 N–H and O–H groups in total. The van der Waals surface area contributed by atoms with Crippen molar-refractivity contribution in [2.24, 2.45) is 11.3 Å². The normalized spacial score (nSPS) is 29.1. The van der Waals surface area contributed by atoms with Gasteiger partial charge < -0.3 is 10.6 Å². The summed E-state index contributed by atoms with van der Waals surface area (Å²) in [7, 11) is 0. The Morgan fingerprint density at radius 2 is 2.06 bits per heavy atom. The maximum atomic E-state index is 3.81. The highest BCUT2D eigenvalue weighted by Gasteiger charge is 2.34. The van der Waals surface area contributed by atoms with Crippen LogP contribution in [-0.2, 0) is 0 Å². The van der Waals surface area contributed by atoms with E-state index >= 15 is 0 Å². The molecule has 2 aliphatic rings. The lowest BCUT2D eigenvalue weighted by molar-refractivity contribution is 0.216. The van der Waals surface area contributed by atoms with Gasteiger partial charge in [0.15, 0.2) is 0 Å². The van der Waals surface area contributed by atoms with Crippen molar-refractivity contribution < 1.29 is 0 Å². The molecule has 1 atom stereocenters. The molecule has 0 spiro atoms. The van der Waals surface area contributed by atoms with Crippen molar-refractivity contribution in [2.45, 2.75) is 58.4 Å². The summed E-state index contributed by atoms with van der Waals surface area (Å²) in [6.45, 7) is 8.39. The van der Waals surface area contributed by atoms with Gasteiger partial charge in [-0.3, -0.25) is 0 Å². The monoisotopic (exact) mass is 224 g/mol. The third-order valence-corrected chi connectivity index (χ3v) is 4.33. The lowest BCUT2D eigenvalue weighted by Crippen LogP contribution is -2.40. The molecule has 0 aromatic carbocycles. The molecule has 1 aliphatic carbocycles.